The number of ether oxygens (including phenoxy) is 1. The number of aromatic carboxylic acids is 1. The van der Waals surface area contributed by atoms with Crippen molar-refractivity contribution in [1.29, 1.82) is 0 Å². The minimum Gasteiger partial charge on any atom is -0.477 e. The summed E-state index contributed by atoms with van der Waals surface area (Å²) < 4.78 is 5.14. The van der Waals surface area contributed by atoms with Crippen LogP contribution in [0, 0.1) is 0 Å². The Bertz CT molecular complexity index is 989. The summed E-state index contributed by atoms with van der Waals surface area (Å²) in [6.45, 7) is 0.0785. The van der Waals surface area contributed by atoms with Gasteiger partial charge in [-0.1, -0.05) is 59.6 Å². The first kappa shape index (κ1) is 19.2. The number of carbonyl (C=O) groups excluding carboxylic acids is 1. The lowest BCUT2D eigenvalue weighted by Gasteiger charge is -2.06. The van der Waals surface area contributed by atoms with Gasteiger partial charge in [-0.05, 0) is 23.8 Å². The molecule has 0 aliphatic rings. The SMILES string of the molecule is O=C(Nc1cc(-c2ccc(Cl)cc2Cl)sc1C(=O)O)OCc1ccccc1. The molecular weight excluding hydrogens is 409 g/mol. The molecule has 3 rings (SSSR count). The number of hydrogen-bond acceptors (Lipinski definition) is 4. The molecule has 2 N–H and O–H groups in total. The maximum Gasteiger partial charge on any atom is 0.412 e. The van der Waals surface area contributed by atoms with Crippen molar-refractivity contribution in [1.82, 2.24) is 0 Å². The van der Waals surface area contributed by atoms with E-state index in [1.165, 1.54) is 0 Å². The fourth-order valence-corrected chi connectivity index (χ4v) is 3.89. The molecule has 0 unspecified atom stereocenters. The van der Waals surface area contributed by atoms with Crippen LogP contribution in [0.4, 0.5) is 10.5 Å². The summed E-state index contributed by atoms with van der Waals surface area (Å²) in [6, 6.07) is 15.6. The number of carboxylic acids is 1. The van der Waals surface area contributed by atoms with Gasteiger partial charge in [0.25, 0.3) is 0 Å². The molecule has 0 aliphatic heterocycles. The molecule has 0 saturated heterocycles. The summed E-state index contributed by atoms with van der Waals surface area (Å²) in [5.74, 6) is -1.16. The Hall–Kier alpha value is -2.54. The third-order valence-electron chi connectivity index (χ3n) is 3.57. The molecule has 2 aromatic carbocycles. The van der Waals surface area contributed by atoms with Crippen LogP contribution in [0.25, 0.3) is 10.4 Å². The van der Waals surface area contributed by atoms with E-state index < -0.39 is 12.1 Å². The van der Waals surface area contributed by atoms with E-state index in [-0.39, 0.29) is 17.2 Å². The van der Waals surface area contributed by atoms with Gasteiger partial charge in [-0.3, -0.25) is 5.32 Å². The van der Waals surface area contributed by atoms with E-state index in [2.05, 4.69) is 5.32 Å². The number of carbonyl (C=O) groups is 2. The van der Waals surface area contributed by atoms with Crippen LogP contribution < -0.4 is 5.32 Å². The molecule has 1 heterocycles. The van der Waals surface area contributed by atoms with Crippen LogP contribution >= 0.6 is 34.5 Å². The van der Waals surface area contributed by atoms with Crippen molar-refractivity contribution in [2.75, 3.05) is 5.32 Å². The molecule has 8 heteroatoms. The summed E-state index contributed by atoms with van der Waals surface area (Å²) in [5, 5.41) is 12.8. The second-order valence-corrected chi connectivity index (χ2v) is 7.37. The number of benzene rings is 2. The lowest BCUT2D eigenvalue weighted by molar-refractivity contribution is 0.0703. The second-order valence-electron chi connectivity index (χ2n) is 5.47. The second kappa shape index (κ2) is 8.43. The highest BCUT2D eigenvalue weighted by atomic mass is 35.5. The fourth-order valence-electron chi connectivity index (χ4n) is 2.33. The van der Waals surface area contributed by atoms with Crippen LogP contribution in [-0.4, -0.2) is 17.2 Å². The Labute approximate surface area is 169 Å². The topological polar surface area (TPSA) is 75.6 Å². The van der Waals surface area contributed by atoms with Crippen molar-refractivity contribution in [3.05, 3.63) is 75.1 Å². The predicted octanol–water partition coefficient (Wildman–Crippen LogP) is 6.17. The number of anilines is 1. The molecule has 27 heavy (non-hydrogen) atoms. The minimum atomic E-state index is -1.16. The monoisotopic (exact) mass is 421 g/mol. The number of thiophene rings is 1. The Morgan fingerprint density at radius 1 is 1.07 bits per heavy atom. The standard InChI is InChI=1S/C19H13Cl2NO4S/c20-12-6-7-13(14(21)8-12)16-9-15(17(27-16)18(23)24)22-19(25)26-10-11-4-2-1-3-5-11/h1-9H,10H2,(H,22,25)(H,23,24). The van der Waals surface area contributed by atoms with Gasteiger partial charge in [0.05, 0.1) is 10.7 Å². The molecule has 0 aliphatic carbocycles. The Morgan fingerprint density at radius 3 is 2.48 bits per heavy atom. The highest BCUT2D eigenvalue weighted by molar-refractivity contribution is 7.18. The number of nitrogens with one attached hydrogen (secondary N) is 1. The molecule has 0 radical (unpaired) electrons. The number of amides is 1. The quantitative estimate of drug-likeness (QED) is 0.516. The number of carboxylic acid groups (broad SMARTS) is 1. The van der Waals surface area contributed by atoms with Crippen molar-refractivity contribution in [2.24, 2.45) is 0 Å². The summed E-state index contributed by atoms with van der Waals surface area (Å²) >= 11 is 13.1. The van der Waals surface area contributed by atoms with Gasteiger partial charge < -0.3 is 9.84 Å². The third kappa shape index (κ3) is 4.80. The molecule has 1 aromatic heterocycles. The lowest BCUT2D eigenvalue weighted by atomic mass is 10.2. The van der Waals surface area contributed by atoms with Crippen molar-refractivity contribution in [3.63, 3.8) is 0 Å². The molecule has 138 valence electrons. The Morgan fingerprint density at radius 2 is 1.81 bits per heavy atom. The first-order valence-corrected chi connectivity index (χ1v) is 9.31. The normalized spacial score (nSPS) is 10.4. The lowest BCUT2D eigenvalue weighted by Crippen LogP contribution is -2.14. The van der Waals surface area contributed by atoms with Crippen LogP contribution in [-0.2, 0) is 11.3 Å². The van der Waals surface area contributed by atoms with Crippen LogP contribution in [0.5, 0.6) is 0 Å². The van der Waals surface area contributed by atoms with Gasteiger partial charge in [0.2, 0.25) is 0 Å². The van der Waals surface area contributed by atoms with Gasteiger partial charge in [-0.25, -0.2) is 9.59 Å². The number of hydrogen-bond donors (Lipinski definition) is 2. The average Bonchev–Trinajstić information content (AvgIpc) is 3.04. The predicted molar refractivity (Wildman–Crippen MR) is 107 cm³/mol. The Kier molecular flexibility index (Phi) is 6.01. The zero-order valence-corrected chi connectivity index (χ0v) is 16.1. The van der Waals surface area contributed by atoms with Gasteiger partial charge in [-0.15, -0.1) is 11.3 Å². The van der Waals surface area contributed by atoms with E-state index in [4.69, 9.17) is 27.9 Å². The highest BCUT2D eigenvalue weighted by Gasteiger charge is 2.20. The summed E-state index contributed by atoms with van der Waals surface area (Å²) in [7, 11) is 0. The zero-order chi connectivity index (χ0) is 19.4. The fraction of sp³-hybridized carbons (Fsp3) is 0.0526. The van der Waals surface area contributed by atoms with Crippen molar-refractivity contribution < 1.29 is 19.4 Å². The molecular formula is C19H13Cl2NO4S. The highest BCUT2D eigenvalue weighted by Crippen LogP contribution is 2.39. The van der Waals surface area contributed by atoms with Crippen LogP contribution in [0.2, 0.25) is 10.0 Å². The molecule has 0 spiro atoms. The smallest absolute Gasteiger partial charge is 0.412 e. The minimum absolute atomic E-state index is 0.0207. The van der Waals surface area contributed by atoms with Crippen LogP contribution in [0.15, 0.2) is 54.6 Å². The summed E-state index contributed by atoms with van der Waals surface area (Å²) in [6.07, 6.45) is -0.743. The van der Waals surface area contributed by atoms with E-state index in [9.17, 15) is 14.7 Å². The van der Waals surface area contributed by atoms with E-state index in [0.29, 0.717) is 20.5 Å². The molecule has 0 bridgehead atoms. The van der Waals surface area contributed by atoms with Gasteiger partial charge in [-0.2, -0.15) is 0 Å². The van der Waals surface area contributed by atoms with Crippen molar-refractivity contribution in [2.45, 2.75) is 6.61 Å². The van der Waals surface area contributed by atoms with Crippen molar-refractivity contribution >= 4 is 52.3 Å². The average molecular weight is 422 g/mol. The number of halogens is 2. The maximum absolute atomic E-state index is 12.1. The number of rotatable bonds is 5. The summed E-state index contributed by atoms with van der Waals surface area (Å²) in [4.78, 5) is 24.2. The first-order chi connectivity index (χ1) is 12.9. The molecule has 0 fully saturated rings. The first-order valence-electron chi connectivity index (χ1n) is 7.74. The molecule has 1 amide bonds. The molecule has 0 atom stereocenters. The van der Waals surface area contributed by atoms with Crippen molar-refractivity contribution in [3.8, 4) is 10.4 Å². The van der Waals surface area contributed by atoms with Crippen LogP contribution in [0.1, 0.15) is 15.2 Å². The van der Waals surface area contributed by atoms with Gasteiger partial charge in [0.1, 0.15) is 11.5 Å². The third-order valence-corrected chi connectivity index (χ3v) is 5.28. The summed E-state index contributed by atoms with van der Waals surface area (Å²) in [5.41, 5.74) is 1.59. The molecule has 0 saturated carbocycles. The van der Waals surface area contributed by atoms with Gasteiger partial charge in [0, 0.05) is 15.5 Å². The van der Waals surface area contributed by atoms with E-state index in [1.807, 2.05) is 30.3 Å². The van der Waals surface area contributed by atoms with Gasteiger partial charge in [0.15, 0.2) is 0 Å². The largest absolute Gasteiger partial charge is 0.477 e. The molecule has 5 nitrogen and oxygen atoms in total. The maximum atomic E-state index is 12.1. The van der Waals surface area contributed by atoms with E-state index >= 15 is 0 Å². The Balaban J connectivity index is 1.79. The zero-order valence-electron chi connectivity index (χ0n) is 13.7. The van der Waals surface area contributed by atoms with E-state index in [1.54, 1.807) is 24.3 Å². The van der Waals surface area contributed by atoms with Gasteiger partial charge >= 0.3 is 12.1 Å². The van der Waals surface area contributed by atoms with E-state index in [0.717, 1.165) is 16.9 Å². The molecule has 3 aromatic rings. The van der Waals surface area contributed by atoms with Crippen LogP contribution in [0.3, 0.4) is 0 Å².